The highest BCUT2D eigenvalue weighted by Crippen LogP contribution is 2.32. The monoisotopic (exact) mass is 444 g/mol. The highest BCUT2D eigenvalue weighted by atomic mass is 35.5. The summed E-state index contributed by atoms with van der Waals surface area (Å²) in [5, 5.41) is 1.39. The van der Waals surface area contributed by atoms with Crippen LogP contribution in [0.1, 0.15) is 30.6 Å². The van der Waals surface area contributed by atoms with Gasteiger partial charge in [0.1, 0.15) is 0 Å². The Bertz CT molecular complexity index is 983. The van der Waals surface area contributed by atoms with Crippen LogP contribution in [0.3, 0.4) is 0 Å². The standard InChI is InChI=1S/C23H29ClN4OS/c1-5-27(6-2)19-11-8-17(9-12-19)22(29)28(15-7-14-26(3)4)23-25-20-13-10-18(24)16-21(20)30-23/h8-13,16H,5-7,14-15H2,1-4H3. The van der Waals surface area contributed by atoms with Crippen LogP contribution in [-0.4, -0.2) is 56.1 Å². The number of amides is 1. The Morgan fingerprint density at radius 3 is 2.37 bits per heavy atom. The van der Waals surface area contributed by atoms with Gasteiger partial charge in [0.05, 0.1) is 10.2 Å². The molecule has 1 heterocycles. The summed E-state index contributed by atoms with van der Waals surface area (Å²) >= 11 is 7.64. The molecule has 0 aliphatic rings. The van der Waals surface area contributed by atoms with E-state index in [0.717, 1.165) is 42.0 Å². The van der Waals surface area contributed by atoms with E-state index in [9.17, 15) is 4.79 Å². The van der Waals surface area contributed by atoms with Gasteiger partial charge in [-0.3, -0.25) is 9.69 Å². The fourth-order valence-electron chi connectivity index (χ4n) is 3.39. The molecule has 3 aromatic rings. The first-order chi connectivity index (χ1) is 14.4. The quantitative estimate of drug-likeness (QED) is 0.443. The zero-order valence-corrected chi connectivity index (χ0v) is 19.6. The van der Waals surface area contributed by atoms with Crippen molar-refractivity contribution in [3.8, 4) is 0 Å². The van der Waals surface area contributed by atoms with E-state index in [0.29, 0.717) is 22.3 Å². The lowest BCUT2D eigenvalue weighted by atomic mass is 10.1. The molecule has 2 aromatic carbocycles. The summed E-state index contributed by atoms with van der Waals surface area (Å²) < 4.78 is 0.986. The fraction of sp³-hybridized carbons (Fsp3) is 0.391. The Labute approximate surface area is 187 Å². The molecule has 0 atom stereocenters. The first-order valence-electron chi connectivity index (χ1n) is 10.3. The number of halogens is 1. The molecule has 0 bridgehead atoms. The van der Waals surface area contributed by atoms with E-state index in [-0.39, 0.29) is 5.91 Å². The highest BCUT2D eigenvalue weighted by Gasteiger charge is 2.21. The lowest BCUT2D eigenvalue weighted by molar-refractivity contribution is 0.0986. The Kier molecular flexibility index (Phi) is 7.69. The van der Waals surface area contributed by atoms with Gasteiger partial charge in [0.25, 0.3) is 5.91 Å². The van der Waals surface area contributed by atoms with E-state index >= 15 is 0 Å². The van der Waals surface area contributed by atoms with Crippen molar-refractivity contribution in [2.24, 2.45) is 0 Å². The molecule has 0 fully saturated rings. The van der Waals surface area contributed by atoms with Crippen molar-refractivity contribution in [2.45, 2.75) is 20.3 Å². The molecule has 3 rings (SSSR count). The number of rotatable bonds is 9. The van der Waals surface area contributed by atoms with Crippen LogP contribution in [0.25, 0.3) is 10.2 Å². The summed E-state index contributed by atoms with van der Waals surface area (Å²) in [4.78, 5) is 24.3. The average Bonchev–Trinajstić information content (AvgIpc) is 3.14. The second-order valence-electron chi connectivity index (χ2n) is 7.44. The van der Waals surface area contributed by atoms with E-state index in [2.05, 4.69) is 23.6 Å². The van der Waals surface area contributed by atoms with Gasteiger partial charge in [-0.1, -0.05) is 22.9 Å². The van der Waals surface area contributed by atoms with Crippen molar-refractivity contribution in [1.29, 1.82) is 0 Å². The third-order valence-electron chi connectivity index (χ3n) is 5.05. The van der Waals surface area contributed by atoms with Crippen molar-refractivity contribution >= 4 is 49.9 Å². The minimum Gasteiger partial charge on any atom is -0.372 e. The molecule has 7 heteroatoms. The summed E-state index contributed by atoms with van der Waals surface area (Å²) in [5.74, 6) is -0.0231. The number of aromatic nitrogens is 1. The molecular weight excluding hydrogens is 416 g/mol. The Hall–Kier alpha value is -2.15. The molecule has 30 heavy (non-hydrogen) atoms. The molecular formula is C23H29ClN4OS. The second-order valence-corrected chi connectivity index (χ2v) is 8.89. The number of nitrogens with zero attached hydrogens (tertiary/aromatic N) is 4. The first-order valence-corrected chi connectivity index (χ1v) is 11.5. The maximum absolute atomic E-state index is 13.4. The van der Waals surface area contributed by atoms with Gasteiger partial charge in [0, 0.05) is 35.9 Å². The van der Waals surface area contributed by atoms with Crippen LogP contribution in [-0.2, 0) is 0 Å². The predicted octanol–water partition coefficient (Wildman–Crippen LogP) is 5.39. The molecule has 0 saturated carbocycles. The zero-order valence-electron chi connectivity index (χ0n) is 18.1. The second kappa shape index (κ2) is 10.2. The van der Waals surface area contributed by atoms with Gasteiger partial charge in [0.15, 0.2) is 5.13 Å². The van der Waals surface area contributed by atoms with Gasteiger partial charge in [0.2, 0.25) is 0 Å². The summed E-state index contributed by atoms with van der Waals surface area (Å²) in [7, 11) is 4.08. The molecule has 0 unspecified atom stereocenters. The number of fused-ring (bicyclic) bond motifs is 1. The first kappa shape index (κ1) is 22.5. The van der Waals surface area contributed by atoms with Crippen molar-refractivity contribution in [3.63, 3.8) is 0 Å². The molecule has 0 spiro atoms. The normalized spacial score (nSPS) is 11.3. The summed E-state index contributed by atoms with van der Waals surface area (Å²) in [5.41, 5.74) is 2.67. The molecule has 0 aliphatic heterocycles. The van der Waals surface area contributed by atoms with Gasteiger partial charge < -0.3 is 9.80 Å². The van der Waals surface area contributed by atoms with E-state index in [1.165, 1.54) is 11.3 Å². The molecule has 0 saturated heterocycles. The minimum absolute atomic E-state index is 0.0231. The van der Waals surface area contributed by atoms with Crippen LogP contribution in [0.4, 0.5) is 10.8 Å². The fourth-order valence-corrected chi connectivity index (χ4v) is 4.66. The molecule has 160 valence electrons. The van der Waals surface area contributed by atoms with E-state index in [1.807, 2.05) is 56.6 Å². The van der Waals surface area contributed by atoms with Crippen molar-refractivity contribution in [2.75, 3.05) is 50.1 Å². The number of carbonyl (C=O) groups excluding carboxylic acids is 1. The van der Waals surface area contributed by atoms with E-state index < -0.39 is 0 Å². The summed E-state index contributed by atoms with van der Waals surface area (Å²) in [6.07, 6.45) is 0.868. The highest BCUT2D eigenvalue weighted by molar-refractivity contribution is 7.22. The number of carbonyl (C=O) groups is 1. The van der Waals surface area contributed by atoms with Crippen molar-refractivity contribution in [3.05, 3.63) is 53.1 Å². The van der Waals surface area contributed by atoms with Crippen LogP contribution in [0.5, 0.6) is 0 Å². The van der Waals surface area contributed by atoms with E-state index in [4.69, 9.17) is 16.6 Å². The SMILES string of the molecule is CCN(CC)c1ccc(C(=O)N(CCCN(C)C)c2nc3ccc(Cl)cc3s2)cc1. The number of benzene rings is 2. The number of thiazole rings is 1. The van der Waals surface area contributed by atoms with Gasteiger partial charge in [-0.25, -0.2) is 4.98 Å². The van der Waals surface area contributed by atoms with Crippen LogP contribution in [0.15, 0.2) is 42.5 Å². The van der Waals surface area contributed by atoms with Crippen LogP contribution >= 0.6 is 22.9 Å². The molecule has 1 aromatic heterocycles. The third-order valence-corrected chi connectivity index (χ3v) is 6.32. The average molecular weight is 445 g/mol. The smallest absolute Gasteiger partial charge is 0.260 e. The number of hydrogen-bond acceptors (Lipinski definition) is 5. The van der Waals surface area contributed by atoms with Gasteiger partial charge >= 0.3 is 0 Å². The van der Waals surface area contributed by atoms with Crippen LogP contribution < -0.4 is 9.80 Å². The molecule has 0 radical (unpaired) electrons. The van der Waals surface area contributed by atoms with Gasteiger partial charge in [-0.05, 0) is 83.4 Å². The van der Waals surface area contributed by atoms with E-state index in [1.54, 1.807) is 4.90 Å². The van der Waals surface area contributed by atoms with Crippen LogP contribution in [0.2, 0.25) is 5.02 Å². The summed E-state index contributed by atoms with van der Waals surface area (Å²) in [6, 6.07) is 13.5. The van der Waals surface area contributed by atoms with Gasteiger partial charge in [-0.2, -0.15) is 0 Å². The number of hydrogen-bond donors (Lipinski definition) is 0. The Morgan fingerprint density at radius 1 is 1.03 bits per heavy atom. The number of anilines is 2. The zero-order chi connectivity index (χ0) is 21.7. The van der Waals surface area contributed by atoms with Crippen molar-refractivity contribution < 1.29 is 4.79 Å². The maximum atomic E-state index is 13.4. The lowest BCUT2D eigenvalue weighted by Crippen LogP contribution is -2.33. The molecule has 0 aliphatic carbocycles. The minimum atomic E-state index is -0.0231. The van der Waals surface area contributed by atoms with Crippen molar-refractivity contribution in [1.82, 2.24) is 9.88 Å². The topological polar surface area (TPSA) is 39.7 Å². The Morgan fingerprint density at radius 2 is 1.73 bits per heavy atom. The third kappa shape index (κ3) is 5.31. The molecule has 1 amide bonds. The van der Waals surface area contributed by atoms with Gasteiger partial charge in [-0.15, -0.1) is 0 Å². The largest absolute Gasteiger partial charge is 0.372 e. The Balaban J connectivity index is 1.89. The molecule has 0 N–H and O–H groups in total. The summed E-state index contributed by atoms with van der Waals surface area (Å²) in [6.45, 7) is 7.66. The van der Waals surface area contributed by atoms with Crippen LogP contribution in [0, 0.1) is 0 Å². The maximum Gasteiger partial charge on any atom is 0.260 e. The predicted molar refractivity (Wildman–Crippen MR) is 129 cm³/mol. The molecule has 5 nitrogen and oxygen atoms in total. The lowest BCUT2D eigenvalue weighted by Gasteiger charge is -2.23.